The molecule has 2 unspecified atom stereocenters. The normalized spacial score (nSPS) is 15.3. The minimum absolute atomic E-state index is 0.0134. The van der Waals surface area contributed by atoms with E-state index in [1.165, 1.54) is 6.92 Å². The van der Waals surface area contributed by atoms with Gasteiger partial charge in [-0.15, -0.1) is 0 Å². The molecule has 0 saturated heterocycles. The molecule has 0 rings (SSSR count). The molecule has 6 nitrogen and oxygen atoms in total. The third-order valence-electron chi connectivity index (χ3n) is 2.92. The Morgan fingerprint density at radius 2 is 1.67 bits per heavy atom. The molecule has 0 aromatic heterocycles. The van der Waals surface area contributed by atoms with Crippen molar-refractivity contribution in [2.45, 2.75) is 52.6 Å². The smallest absolute Gasteiger partial charge is 0.243 e. The van der Waals surface area contributed by atoms with Gasteiger partial charge in [0, 0.05) is 6.42 Å². The highest BCUT2D eigenvalue weighted by atomic mass is 16.2. The number of hydrogen-bond acceptors (Lipinski definition) is 3. The topological polar surface area (TPSA) is 101 Å². The molecular weight excluding hydrogens is 234 g/mol. The first-order valence-corrected chi connectivity index (χ1v) is 6.22. The van der Waals surface area contributed by atoms with Gasteiger partial charge in [-0.05, 0) is 12.8 Å². The van der Waals surface area contributed by atoms with Crippen molar-refractivity contribution >= 4 is 17.7 Å². The summed E-state index contributed by atoms with van der Waals surface area (Å²) in [6, 6.07) is -1.38. The maximum Gasteiger partial charge on any atom is 0.243 e. The highest BCUT2D eigenvalue weighted by molar-refractivity contribution is 5.91. The Bertz CT molecular complexity index is 318. The number of nitrogens with one attached hydrogen (secondary N) is 2. The fourth-order valence-electron chi connectivity index (χ4n) is 1.35. The van der Waals surface area contributed by atoms with Crippen molar-refractivity contribution in [2.24, 2.45) is 11.7 Å². The third-order valence-corrected chi connectivity index (χ3v) is 2.92. The Morgan fingerprint density at radius 3 is 2.06 bits per heavy atom. The van der Waals surface area contributed by atoms with E-state index in [4.69, 9.17) is 5.73 Å². The van der Waals surface area contributed by atoms with Crippen LogP contribution in [-0.4, -0.2) is 29.8 Å². The van der Waals surface area contributed by atoms with Crippen molar-refractivity contribution in [2.75, 3.05) is 0 Å². The molecule has 0 radical (unpaired) electrons. The van der Waals surface area contributed by atoms with Gasteiger partial charge < -0.3 is 16.4 Å². The number of hydrogen-bond donors (Lipinski definition) is 3. The lowest BCUT2D eigenvalue weighted by Crippen LogP contribution is -2.54. The van der Waals surface area contributed by atoms with Crippen molar-refractivity contribution in [3.63, 3.8) is 0 Å². The summed E-state index contributed by atoms with van der Waals surface area (Å²) in [4.78, 5) is 34.3. The molecule has 0 aliphatic heterocycles. The summed E-state index contributed by atoms with van der Waals surface area (Å²) >= 11 is 0. The van der Waals surface area contributed by atoms with Gasteiger partial charge in [0.2, 0.25) is 17.7 Å². The summed E-state index contributed by atoms with van der Waals surface area (Å²) < 4.78 is 0. The first-order chi connectivity index (χ1) is 8.33. The van der Waals surface area contributed by atoms with E-state index < -0.39 is 18.0 Å². The van der Waals surface area contributed by atoms with E-state index >= 15 is 0 Å². The minimum Gasteiger partial charge on any atom is -0.368 e. The van der Waals surface area contributed by atoms with Crippen molar-refractivity contribution in [1.82, 2.24) is 10.6 Å². The quantitative estimate of drug-likeness (QED) is 0.594. The highest BCUT2D eigenvalue weighted by Crippen LogP contribution is 2.08. The number of carbonyl (C=O) groups excluding carboxylic acids is 3. The average molecular weight is 257 g/mol. The zero-order valence-corrected chi connectivity index (χ0v) is 11.4. The number of primary amides is 1. The monoisotopic (exact) mass is 257 g/mol. The van der Waals surface area contributed by atoms with Gasteiger partial charge in [0.25, 0.3) is 0 Å². The van der Waals surface area contributed by atoms with Crippen LogP contribution in [0.5, 0.6) is 0 Å². The Morgan fingerprint density at radius 1 is 1.11 bits per heavy atom. The Kier molecular flexibility index (Phi) is 7.00. The first-order valence-electron chi connectivity index (χ1n) is 6.22. The number of nitrogens with two attached hydrogens (primary N) is 1. The Labute approximate surface area is 108 Å². The molecule has 0 bridgehead atoms. The van der Waals surface area contributed by atoms with Crippen molar-refractivity contribution < 1.29 is 14.4 Å². The maximum absolute atomic E-state index is 12.0. The van der Waals surface area contributed by atoms with Gasteiger partial charge in [-0.1, -0.05) is 27.2 Å². The Balaban J connectivity index is 4.69. The van der Waals surface area contributed by atoms with Crippen molar-refractivity contribution in [1.29, 1.82) is 0 Å². The molecule has 0 saturated carbocycles. The van der Waals surface area contributed by atoms with Crippen LogP contribution >= 0.6 is 0 Å². The summed E-state index contributed by atoms with van der Waals surface area (Å²) in [5, 5.41) is 5.15. The molecule has 0 aromatic carbocycles. The van der Waals surface area contributed by atoms with Crippen LogP contribution in [0.25, 0.3) is 0 Å². The van der Waals surface area contributed by atoms with E-state index in [0.717, 1.165) is 6.42 Å². The van der Waals surface area contributed by atoms with E-state index in [0.29, 0.717) is 6.42 Å². The lowest BCUT2D eigenvalue weighted by atomic mass is 9.98. The molecule has 104 valence electrons. The molecule has 0 aliphatic rings. The van der Waals surface area contributed by atoms with Gasteiger partial charge in [-0.3, -0.25) is 14.4 Å². The SMILES string of the molecule is CCC(=O)NC(C(=O)N[C@H](C)C(N)=O)C(C)CC. The number of rotatable bonds is 7. The van der Waals surface area contributed by atoms with E-state index in [1.807, 2.05) is 13.8 Å². The molecule has 3 atom stereocenters. The van der Waals surface area contributed by atoms with Crippen molar-refractivity contribution in [3.8, 4) is 0 Å². The number of carbonyl (C=O) groups is 3. The standard InChI is InChI=1S/C12H23N3O3/c1-5-7(3)10(15-9(16)6-2)12(18)14-8(4)11(13)17/h7-8,10H,5-6H2,1-4H3,(H2,13,17)(H,14,18)(H,15,16)/t7?,8-,10?/m1/s1. The zero-order valence-electron chi connectivity index (χ0n) is 11.4. The van der Waals surface area contributed by atoms with Crippen LogP contribution < -0.4 is 16.4 Å². The van der Waals surface area contributed by atoms with Crippen LogP contribution in [0.3, 0.4) is 0 Å². The highest BCUT2D eigenvalue weighted by Gasteiger charge is 2.27. The van der Waals surface area contributed by atoms with E-state index in [9.17, 15) is 14.4 Å². The molecule has 0 fully saturated rings. The summed E-state index contributed by atoms with van der Waals surface area (Å²) in [5.74, 6) is -1.19. The predicted molar refractivity (Wildman–Crippen MR) is 68.5 cm³/mol. The lowest BCUT2D eigenvalue weighted by molar-refractivity contribution is -0.132. The van der Waals surface area contributed by atoms with Crippen LogP contribution in [0, 0.1) is 5.92 Å². The van der Waals surface area contributed by atoms with E-state index in [1.54, 1.807) is 6.92 Å². The predicted octanol–water partition coefficient (Wildman–Crippen LogP) is -0.0827. The fraction of sp³-hybridized carbons (Fsp3) is 0.750. The Hall–Kier alpha value is -1.59. The fourth-order valence-corrected chi connectivity index (χ4v) is 1.35. The molecule has 4 N–H and O–H groups in total. The van der Waals surface area contributed by atoms with Gasteiger partial charge in [-0.2, -0.15) is 0 Å². The van der Waals surface area contributed by atoms with Crippen molar-refractivity contribution in [3.05, 3.63) is 0 Å². The van der Waals surface area contributed by atoms with Gasteiger partial charge in [0.05, 0.1) is 0 Å². The molecule has 0 heterocycles. The summed E-state index contributed by atoms with van der Waals surface area (Å²) in [6.45, 7) is 7.03. The molecule has 18 heavy (non-hydrogen) atoms. The minimum atomic E-state index is -0.748. The largest absolute Gasteiger partial charge is 0.368 e. The molecule has 0 aliphatic carbocycles. The van der Waals surface area contributed by atoms with Crippen LogP contribution in [0.4, 0.5) is 0 Å². The van der Waals surface area contributed by atoms with E-state index in [-0.39, 0.29) is 17.7 Å². The summed E-state index contributed by atoms with van der Waals surface area (Å²) in [7, 11) is 0. The second-order valence-corrected chi connectivity index (χ2v) is 4.42. The molecule has 3 amide bonds. The first kappa shape index (κ1) is 16.4. The molecule has 0 spiro atoms. The average Bonchev–Trinajstić information content (AvgIpc) is 2.33. The zero-order chi connectivity index (χ0) is 14.3. The van der Waals surface area contributed by atoms with Gasteiger partial charge in [0.1, 0.15) is 12.1 Å². The molecular formula is C12H23N3O3. The molecule has 6 heteroatoms. The third kappa shape index (κ3) is 5.16. The van der Waals surface area contributed by atoms with Crippen LogP contribution in [-0.2, 0) is 14.4 Å². The van der Waals surface area contributed by atoms with Gasteiger partial charge in [-0.25, -0.2) is 0 Å². The van der Waals surface area contributed by atoms with Gasteiger partial charge in [0.15, 0.2) is 0 Å². The van der Waals surface area contributed by atoms with E-state index in [2.05, 4.69) is 10.6 Å². The maximum atomic E-state index is 12.0. The van der Waals surface area contributed by atoms with Gasteiger partial charge >= 0.3 is 0 Å². The van der Waals surface area contributed by atoms with Crippen LogP contribution in [0.2, 0.25) is 0 Å². The number of amides is 3. The van der Waals surface area contributed by atoms with Crippen LogP contribution in [0.15, 0.2) is 0 Å². The van der Waals surface area contributed by atoms with Crippen LogP contribution in [0.1, 0.15) is 40.5 Å². The second-order valence-electron chi connectivity index (χ2n) is 4.42. The molecule has 0 aromatic rings. The lowest BCUT2D eigenvalue weighted by Gasteiger charge is -2.24. The summed E-state index contributed by atoms with van der Waals surface area (Å²) in [6.07, 6.45) is 1.05. The second kappa shape index (κ2) is 7.68. The summed E-state index contributed by atoms with van der Waals surface area (Å²) in [5.41, 5.74) is 5.08.